The van der Waals surface area contributed by atoms with Crippen LogP contribution in [0.25, 0.3) is 11.5 Å². The Morgan fingerprint density at radius 2 is 1.83 bits per heavy atom. The van der Waals surface area contributed by atoms with Crippen LogP contribution >= 0.6 is 0 Å². The summed E-state index contributed by atoms with van der Waals surface area (Å²) in [7, 11) is 0. The molecule has 1 aliphatic heterocycles. The predicted octanol–water partition coefficient (Wildman–Crippen LogP) is 4.00. The molecule has 0 radical (unpaired) electrons. The van der Waals surface area contributed by atoms with E-state index in [1.165, 1.54) is 0 Å². The second kappa shape index (κ2) is 7.05. The lowest BCUT2D eigenvalue weighted by atomic mass is 10.1. The second-order valence-electron chi connectivity index (χ2n) is 7.39. The van der Waals surface area contributed by atoms with Gasteiger partial charge in [-0.25, -0.2) is 4.68 Å². The molecule has 30 heavy (non-hydrogen) atoms. The fraction of sp³-hybridized carbons (Fsp3) is 0.125. The van der Waals surface area contributed by atoms with Crippen molar-refractivity contribution in [3.63, 3.8) is 0 Å². The number of benzene rings is 2. The van der Waals surface area contributed by atoms with Crippen molar-refractivity contribution in [3.05, 3.63) is 101 Å². The molecule has 6 nitrogen and oxygen atoms in total. The number of aryl methyl sites for hydroxylation is 1. The van der Waals surface area contributed by atoms with Gasteiger partial charge in [-0.1, -0.05) is 24.3 Å². The monoisotopic (exact) mass is 393 g/mol. The molecule has 0 spiro atoms. The first-order valence-corrected chi connectivity index (χ1v) is 9.75. The van der Waals surface area contributed by atoms with Crippen molar-refractivity contribution >= 4 is 5.91 Å². The summed E-state index contributed by atoms with van der Waals surface area (Å²) in [6, 6.07) is 21.0. The first-order valence-electron chi connectivity index (χ1n) is 9.75. The highest BCUT2D eigenvalue weighted by Crippen LogP contribution is 2.32. The van der Waals surface area contributed by atoms with Gasteiger partial charge in [-0.3, -0.25) is 4.79 Å². The van der Waals surface area contributed by atoms with E-state index in [0.717, 1.165) is 28.3 Å². The fourth-order valence-corrected chi connectivity index (χ4v) is 3.96. The number of hydrogen-bond acceptors (Lipinski definition) is 3. The highest BCUT2D eigenvalue weighted by Gasteiger charge is 2.32. The van der Waals surface area contributed by atoms with Crippen molar-refractivity contribution in [2.75, 3.05) is 0 Å². The van der Waals surface area contributed by atoms with Crippen molar-refractivity contribution in [1.29, 1.82) is 5.26 Å². The standard InChI is InChI=1S/C24H19N5O/c1-17-7-2-3-10-22(17)29-23(27-11-4-5-12-27)20-15-28(16-21(20)26-29)24(30)19-9-6-8-18(13-19)14-25/h2-13H,15-16H2,1H3. The maximum atomic E-state index is 13.1. The molecule has 0 N–H and O–H groups in total. The number of rotatable bonds is 3. The molecule has 0 atom stereocenters. The topological polar surface area (TPSA) is 66.8 Å². The van der Waals surface area contributed by atoms with Crippen LogP contribution in [0.2, 0.25) is 0 Å². The zero-order valence-electron chi connectivity index (χ0n) is 16.5. The van der Waals surface area contributed by atoms with Crippen LogP contribution in [0.15, 0.2) is 73.1 Å². The molecule has 0 saturated carbocycles. The summed E-state index contributed by atoms with van der Waals surface area (Å²) in [4.78, 5) is 14.8. The highest BCUT2D eigenvalue weighted by molar-refractivity contribution is 5.95. The van der Waals surface area contributed by atoms with Crippen LogP contribution in [0.1, 0.15) is 32.7 Å². The van der Waals surface area contributed by atoms with Crippen molar-refractivity contribution in [2.45, 2.75) is 20.0 Å². The van der Waals surface area contributed by atoms with Crippen LogP contribution in [0.5, 0.6) is 0 Å². The quantitative estimate of drug-likeness (QED) is 0.528. The molecule has 2 aromatic carbocycles. The summed E-state index contributed by atoms with van der Waals surface area (Å²) >= 11 is 0. The summed E-state index contributed by atoms with van der Waals surface area (Å²) in [5.41, 5.74) is 5.10. The van der Waals surface area contributed by atoms with Gasteiger partial charge in [0.1, 0.15) is 5.82 Å². The van der Waals surface area contributed by atoms with Crippen LogP contribution in [0.3, 0.4) is 0 Å². The number of fused-ring (bicyclic) bond motifs is 1. The summed E-state index contributed by atoms with van der Waals surface area (Å²) in [5, 5.41) is 14.0. The normalized spacial score (nSPS) is 12.6. The SMILES string of the molecule is Cc1ccccc1-n1nc2c(c1-n1cccc1)CN(C(=O)c1cccc(C#N)c1)C2. The minimum absolute atomic E-state index is 0.0917. The molecule has 6 heteroatoms. The number of para-hydroxylation sites is 1. The van der Waals surface area contributed by atoms with Crippen LogP contribution < -0.4 is 0 Å². The molecule has 4 aromatic rings. The smallest absolute Gasteiger partial charge is 0.254 e. The van der Waals surface area contributed by atoms with E-state index in [1.807, 2.05) is 45.9 Å². The molecule has 1 aliphatic rings. The zero-order valence-corrected chi connectivity index (χ0v) is 16.5. The molecule has 2 aromatic heterocycles. The minimum atomic E-state index is -0.0917. The van der Waals surface area contributed by atoms with Gasteiger partial charge in [0.15, 0.2) is 0 Å². The first-order chi connectivity index (χ1) is 14.7. The third kappa shape index (κ3) is 2.88. The lowest BCUT2D eigenvalue weighted by molar-refractivity contribution is 0.0749. The van der Waals surface area contributed by atoms with Gasteiger partial charge < -0.3 is 9.47 Å². The lowest BCUT2D eigenvalue weighted by Gasteiger charge is -2.18. The van der Waals surface area contributed by atoms with E-state index in [2.05, 4.69) is 25.1 Å². The van der Waals surface area contributed by atoms with Crippen molar-refractivity contribution in [2.24, 2.45) is 0 Å². The third-order valence-electron chi connectivity index (χ3n) is 5.45. The molecular formula is C24H19N5O. The van der Waals surface area contributed by atoms with Gasteiger partial charge in [0.2, 0.25) is 0 Å². The Bertz CT molecular complexity index is 1290. The molecule has 146 valence electrons. The molecule has 3 heterocycles. The van der Waals surface area contributed by atoms with Gasteiger partial charge in [0.05, 0.1) is 36.1 Å². The summed E-state index contributed by atoms with van der Waals surface area (Å²) < 4.78 is 4.01. The zero-order chi connectivity index (χ0) is 20.7. The number of hydrogen-bond donors (Lipinski definition) is 0. The highest BCUT2D eigenvalue weighted by atomic mass is 16.2. The number of nitriles is 1. The van der Waals surface area contributed by atoms with Crippen LogP contribution in [0, 0.1) is 18.3 Å². The average molecular weight is 393 g/mol. The van der Waals surface area contributed by atoms with Crippen molar-refractivity contribution < 1.29 is 4.79 Å². The Hall–Kier alpha value is -4.11. The Kier molecular flexibility index (Phi) is 4.22. The van der Waals surface area contributed by atoms with E-state index in [0.29, 0.717) is 24.2 Å². The van der Waals surface area contributed by atoms with E-state index < -0.39 is 0 Å². The first kappa shape index (κ1) is 18.0. The molecule has 0 aliphatic carbocycles. The number of amides is 1. The Balaban J connectivity index is 1.55. The lowest BCUT2D eigenvalue weighted by Crippen LogP contribution is -2.26. The van der Waals surface area contributed by atoms with Gasteiger partial charge in [-0.15, -0.1) is 0 Å². The van der Waals surface area contributed by atoms with Crippen LogP contribution in [-0.2, 0) is 13.1 Å². The second-order valence-corrected chi connectivity index (χ2v) is 7.39. The van der Waals surface area contributed by atoms with Crippen LogP contribution in [0.4, 0.5) is 0 Å². The third-order valence-corrected chi connectivity index (χ3v) is 5.45. The van der Waals surface area contributed by atoms with Gasteiger partial charge >= 0.3 is 0 Å². The van der Waals surface area contributed by atoms with Crippen LogP contribution in [-0.4, -0.2) is 25.2 Å². The molecule has 0 unspecified atom stereocenters. The van der Waals surface area contributed by atoms with Gasteiger partial charge in [-0.05, 0) is 48.9 Å². The fourth-order valence-electron chi connectivity index (χ4n) is 3.96. The molecule has 5 rings (SSSR count). The van der Waals surface area contributed by atoms with E-state index in [9.17, 15) is 4.79 Å². The Morgan fingerprint density at radius 1 is 1.03 bits per heavy atom. The maximum Gasteiger partial charge on any atom is 0.254 e. The molecule has 0 bridgehead atoms. The average Bonchev–Trinajstić information content (AvgIpc) is 3.49. The maximum absolute atomic E-state index is 13.1. The summed E-state index contributed by atoms with van der Waals surface area (Å²) in [6.07, 6.45) is 3.99. The summed E-state index contributed by atoms with van der Waals surface area (Å²) in [6.45, 7) is 2.99. The molecule has 0 saturated heterocycles. The number of nitrogens with zero attached hydrogens (tertiary/aromatic N) is 5. The summed E-state index contributed by atoms with van der Waals surface area (Å²) in [5.74, 6) is 0.858. The molecule has 1 amide bonds. The molecular weight excluding hydrogens is 374 g/mol. The van der Waals surface area contributed by atoms with Crippen molar-refractivity contribution in [1.82, 2.24) is 19.2 Å². The van der Waals surface area contributed by atoms with E-state index in [1.54, 1.807) is 29.2 Å². The van der Waals surface area contributed by atoms with E-state index >= 15 is 0 Å². The van der Waals surface area contributed by atoms with E-state index in [4.69, 9.17) is 10.4 Å². The number of aromatic nitrogens is 3. The van der Waals surface area contributed by atoms with E-state index in [-0.39, 0.29) is 5.91 Å². The minimum Gasteiger partial charge on any atom is -0.328 e. The predicted molar refractivity (Wildman–Crippen MR) is 112 cm³/mol. The van der Waals surface area contributed by atoms with Crippen molar-refractivity contribution in [3.8, 4) is 17.6 Å². The van der Waals surface area contributed by atoms with Gasteiger partial charge in [-0.2, -0.15) is 10.4 Å². The number of carbonyl (C=O) groups excluding carboxylic acids is 1. The Morgan fingerprint density at radius 3 is 2.60 bits per heavy atom. The largest absolute Gasteiger partial charge is 0.328 e. The van der Waals surface area contributed by atoms with Gasteiger partial charge in [0.25, 0.3) is 5.91 Å². The Labute approximate surface area is 174 Å². The molecule has 0 fully saturated rings. The number of carbonyl (C=O) groups is 1. The van der Waals surface area contributed by atoms with Gasteiger partial charge in [0, 0.05) is 23.5 Å².